The second-order valence-electron chi connectivity index (χ2n) is 4.75. The molecule has 3 nitrogen and oxygen atoms in total. The van der Waals surface area contributed by atoms with E-state index in [4.69, 9.17) is 4.74 Å². The first-order valence-corrected chi connectivity index (χ1v) is 7.87. The molecule has 0 saturated heterocycles. The lowest BCUT2D eigenvalue weighted by atomic mass is 10.1. The quantitative estimate of drug-likeness (QED) is 0.640. The maximum atomic E-state index is 5.96. The summed E-state index contributed by atoms with van der Waals surface area (Å²) >= 11 is 5.17. The van der Waals surface area contributed by atoms with Gasteiger partial charge in [-0.1, -0.05) is 15.9 Å². The van der Waals surface area contributed by atoms with Crippen molar-refractivity contribution in [3.63, 3.8) is 0 Å². The normalized spacial score (nSPS) is 11.0. The number of ether oxygens (including phenoxy) is 1. The SMILES string of the molecule is Cc1cc(Oc2ncnc3c(C)csc23)cc(C)c1Br. The third kappa shape index (κ3) is 2.31. The van der Waals surface area contributed by atoms with Crippen LogP contribution in [-0.4, -0.2) is 9.97 Å². The fraction of sp³-hybridized carbons (Fsp3) is 0.200. The van der Waals surface area contributed by atoms with Crippen LogP contribution in [0.1, 0.15) is 16.7 Å². The van der Waals surface area contributed by atoms with E-state index in [2.05, 4.69) is 45.1 Å². The van der Waals surface area contributed by atoms with E-state index in [9.17, 15) is 0 Å². The molecule has 20 heavy (non-hydrogen) atoms. The van der Waals surface area contributed by atoms with Crippen LogP contribution >= 0.6 is 27.3 Å². The maximum absolute atomic E-state index is 5.96. The largest absolute Gasteiger partial charge is 0.437 e. The zero-order chi connectivity index (χ0) is 14.3. The van der Waals surface area contributed by atoms with E-state index in [1.807, 2.05) is 19.1 Å². The molecule has 1 aromatic carbocycles. The standard InChI is InChI=1S/C15H13BrN2OS/c1-8-4-11(5-9(2)12(8)16)19-15-14-13(17-7-18-15)10(3)6-20-14/h4-7H,1-3H3. The summed E-state index contributed by atoms with van der Waals surface area (Å²) in [5, 5.41) is 2.07. The van der Waals surface area contributed by atoms with Crippen molar-refractivity contribution >= 4 is 37.5 Å². The van der Waals surface area contributed by atoms with Crippen molar-refractivity contribution < 1.29 is 4.74 Å². The molecular formula is C15H13BrN2OS. The summed E-state index contributed by atoms with van der Waals surface area (Å²) in [6.07, 6.45) is 1.55. The monoisotopic (exact) mass is 348 g/mol. The molecule has 0 unspecified atom stereocenters. The molecule has 3 rings (SSSR count). The Kier molecular flexibility index (Phi) is 3.48. The van der Waals surface area contributed by atoms with Gasteiger partial charge in [0.2, 0.25) is 5.88 Å². The second kappa shape index (κ2) is 5.14. The van der Waals surface area contributed by atoms with Gasteiger partial charge >= 0.3 is 0 Å². The first kappa shape index (κ1) is 13.5. The van der Waals surface area contributed by atoms with E-state index in [0.717, 1.165) is 37.1 Å². The summed E-state index contributed by atoms with van der Waals surface area (Å²) in [4.78, 5) is 8.57. The second-order valence-corrected chi connectivity index (χ2v) is 6.42. The molecular weight excluding hydrogens is 336 g/mol. The average Bonchev–Trinajstić information content (AvgIpc) is 2.79. The van der Waals surface area contributed by atoms with Gasteiger partial charge in [-0.3, -0.25) is 0 Å². The number of halogens is 1. The van der Waals surface area contributed by atoms with Gasteiger partial charge in [0.05, 0.1) is 5.52 Å². The van der Waals surface area contributed by atoms with Gasteiger partial charge in [0, 0.05) is 4.47 Å². The highest BCUT2D eigenvalue weighted by atomic mass is 79.9. The molecule has 2 aromatic heterocycles. The van der Waals surface area contributed by atoms with Gasteiger partial charge in [-0.2, -0.15) is 0 Å². The number of hydrogen-bond donors (Lipinski definition) is 0. The molecule has 0 bridgehead atoms. The Bertz CT molecular complexity index is 775. The predicted octanol–water partition coefficient (Wildman–Crippen LogP) is 5.17. The Labute approximate surface area is 129 Å². The Morgan fingerprint density at radius 2 is 1.75 bits per heavy atom. The highest BCUT2D eigenvalue weighted by Gasteiger charge is 2.11. The minimum Gasteiger partial charge on any atom is -0.437 e. The third-order valence-electron chi connectivity index (χ3n) is 3.12. The molecule has 0 radical (unpaired) electrons. The highest BCUT2D eigenvalue weighted by molar-refractivity contribution is 9.10. The van der Waals surface area contributed by atoms with Gasteiger partial charge in [0.1, 0.15) is 16.8 Å². The van der Waals surface area contributed by atoms with Gasteiger partial charge in [-0.05, 0) is 55.0 Å². The molecule has 3 aromatic rings. The van der Waals surface area contributed by atoms with Crippen LogP contribution in [0.25, 0.3) is 10.2 Å². The number of hydrogen-bond acceptors (Lipinski definition) is 4. The van der Waals surface area contributed by atoms with Crippen LogP contribution < -0.4 is 4.74 Å². The van der Waals surface area contributed by atoms with E-state index in [0.29, 0.717) is 5.88 Å². The smallest absolute Gasteiger partial charge is 0.240 e. The number of aromatic nitrogens is 2. The molecule has 5 heteroatoms. The lowest BCUT2D eigenvalue weighted by Crippen LogP contribution is -1.92. The topological polar surface area (TPSA) is 35.0 Å². The molecule has 0 N–H and O–H groups in total. The number of rotatable bonds is 2. The minimum atomic E-state index is 0.620. The van der Waals surface area contributed by atoms with Crippen molar-refractivity contribution in [2.24, 2.45) is 0 Å². The van der Waals surface area contributed by atoms with E-state index < -0.39 is 0 Å². The summed E-state index contributed by atoms with van der Waals surface area (Å²) in [5.74, 6) is 1.42. The summed E-state index contributed by atoms with van der Waals surface area (Å²) in [6, 6.07) is 4.01. The van der Waals surface area contributed by atoms with Crippen LogP contribution in [0.15, 0.2) is 28.3 Å². The molecule has 0 spiro atoms. The molecule has 0 aliphatic carbocycles. The van der Waals surface area contributed by atoms with Crippen molar-refractivity contribution in [2.45, 2.75) is 20.8 Å². The molecule has 0 saturated carbocycles. The number of benzene rings is 1. The first-order chi connectivity index (χ1) is 9.56. The summed E-state index contributed by atoms with van der Waals surface area (Å²) in [5.41, 5.74) is 4.41. The highest BCUT2D eigenvalue weighted by Crippen LogP contribution is 2.34. The first-order valence-electron chi connectivity index (χ1n) is 6.19. The number of nitrogens with zero attached hydrogens (tertiary/aromatic N) is 2. The van der Waals surface area contributed by atoms with Crippen LogP contribution in [0.2, 0.25) is 0 Å². The number of aryl methyl sites for hydroxylation is 3. The fourth-order valence-corrected chi connectivity index (χ4v) is 3.25. The molecule has 102 valence electrons. The lowest BCUT2D eigenvalue weighted by Gasteiger charge is -2.09. The van der Waals surface area contributed by atoms with Crippen molar-refractivity contribution in [1.29, 1.82) is 0 Å². The van der Waals surface area contributed by atoms with Crippen molar-refractivity contribution in [3.05, 3.63) is 45.0 Å². The van der Waals surface area contributed by atoms with Gasteiger partial charge in [-0.25, -0.2) is 9.97 Å². The van der Waals surface area contributed by atoms with Crippen LogP contribution in [-0.2, 0) is 0 Å². The predicted molar refractivity (Wildman–Crippen MR) is 85.8 cm³/mol. The zero-order valence-electron chi connectivity index (χ0n) is 11.4. The lowest BCUT2D eigenvalue weighted by molar-refractivity contribution is 0.468. The maximum Gasteiger partial charge on any atom is 0.240 e. The van der Waals surface area contributed by atoms with Crippen molar-refractivity contribution in [1.82, 2.24) is 9.97 Å². The van der Waals surface area contributed by atoms with Gasteiger partial charge in [0.25, 0.3) is 0 Å². The minimum absolute atomic E-state index is 0.620. The van der Waals surface area contributed by atoms with Gasteiger partial charge in [0.15, 0.2) is 0 Å². The van der Waals surface area contributed by atoms with E-state index in [1.165, 1.54) is 0 Å². The van der Waals surface area contributed by atoms with E-state index in [1.54, 1.807) is 17.7 Å². The van der Waals surface area contributed by atoms with Gasteiger partial charge < -0.3 is 4.74 Å². The zero-order valence-corrected chi connectivity index (χ0v) is 13.8. The Hall–Kier alpha value is -1.46. The van der Waals surface area contributed by atoms with Crippen molar-refractivity contribution in [3.8, 4) is 11.6 Å². The molecule has 2 heterocycles. The van der Waals surface area contributed by atoms with Gasteiger partial charge in [-0.15, -0.1) is 11.3 Å². The van der Waals surface area contributed by atoms with Crippen LogP contribution in [0, 0.1) is 20.8 Å². The summed E-state index contributed by atoms with van der Waals surface area (Å²) < 4.78 is 8.06. The molecule has 0 amide bonds. The van der Waals surface area contributed by atoms with Crippen LogP contribution in [0.4, 0.5) is 0 Å². The Balaban J connectivity index is 2.05. The molecule has 0 fully saturated rings. The Morgan fingerprint density at radius 3 is 2.45 bits per heavy atom. The number of fused-ring (bicyclic) bond motifs is 1. The summed E-state index contributed by atoms with van der Waals surface area (Å²) in [6.45, 7) is 6.15. The number of thiophene rings is 1. The average molecular weight is 349 g/mol. The van der Waals surface area contributed by atoms with E-state index >= 15 is 0 Å². The summed E-state index contributed by atoms with van der Waals surface area (Å²) in [7, 11) is 0. The van der Waals surface area contributed by atoms with E-state index in [-0.39, 0.29) is 0 Å². The fourth-order valence-electron chi connectivity index (χ4n) is 2.10. The molecule has 0 aliphatic heterocycles. The Morgan fingerprint density at radius 1 is 1.05 bits per heavy atom. The van der Waals surface area contributed by atoms with Crippen LogP contribution in [0.5, 0.6) is 11.6 Å². The van der Waals surface area contributed by atoms with Crippen molar-refractivity contribution in [2.75, 3.05) is 0 Å². The molecule has 0 atom stereocenters. The van der Waals surface area contributed by atoms with Crippen LogP contribution in [0.3, 0.4) is 0 Å². The molecule has 0 aliphatic rings. The third-order valence-corrected chi connectivity index (χ3v) is 5.45.